The molecule has 0 amide bonds. The average Bonchev–Trinajstić information content (AvgIpc) is 2.28. The van der Waals surface area contributed by atoms with E-state index < -0.39 is 10.0 Å². The number of nitrogens with one attached hydrogen (secondary N) is 1. The van der Waals surface area contributed by atoms with E-state index in [2.05, 4.69) is 31.0 Å². The van der Waals surface area contributed by atoms with E-state index in [-0.39, 0.29) is 0 Å². The maximum Gasteiger partial charge on any atom is 0.211 e. The van der Waals surface area contributed by atoms with Crippen LogP contribution >= 0.6 is 0 Å². The summed E-state index contributed by atoms with van der Waals surface area (Å²) in [7, 11) is -3.01. The molecular weight excluding hydrogens is 250 g/mol. The summed E-state index contributed by atoms with van der Waals surface area (Å²) in [6.45, 7) is 10.5. The van der Waals surface area contributed by atoms with Crippen molar-refractivity contribution in [2.45, 2.75) is 39.3 Å². The minimum Gasteiger partial charge on any atom is -0.314 e. The maximum absolute atomic E-state index is 11.4. The predicted molar refractivity (Wildman–Crippen MR) is 75.2 cm³/mol. The Labute approximate surface area is 112 Å². The van der Waals surface area contributed by atoms with Crippen LogP contribution in [0.15, 0.2) is 0 Å². The van der Waals surface area contributed by atoms with E-state index >= 15 is 0 Å². The van der Waals surface area contributed by atoms with Crippen molar-refractivity contribution in [3.63, 3.8) is 0 Å². The third-order valence-electron chi connectivity index (χ3n) is 3.61. The van der Waals surface area contributed by atoms with E-state index in [1.165, 1.54) is 6.26 Å². The zero-order chi connectivity index (χ0) is 13.8. The molecule has 0 aromatic carbocycles. The zero-order valence-corrected chi connectivity index (χ0v) is 12.8. The molecule has 2 unspecified atom stereocenters. The summed E-state index contributed by atoms with van der Waals surface area (Å²) in [6.07, 6.45) is 2.39. The summed E-state index contributed by atoms with van der Waals surface area (Å²) < 4.78 is 24.4. The minimum absolute atomic E-state index is 0.501. The zero-order valence-electron chi connectivity index (χ0n) is 12.0. The molecule has 1 saturated heterocycles. The van der Waals surface area contributed by atoms with Crippen LogP contribution in [0.4, 0.5) is 0 Å². The van der Waals surface area contributed by atoms with Crippen molar-refractivity contribution in [2.24, 2.45) is 0 Å². The molecular formula is C12H27N3O2S. The van der Waals surface area contributed by atoms with E-state index in [1.54, 1.807) is 4.31 Å². The van der Waals surface area contributed by atoms with Crippen molar-refractivity contribution < 1.29 is 8.42 Å². The lowest BCUT2D eigenvalue weighted by atomic mass is 10.1. The number of nitrogens with zero attached hydrogens (tertiary/aromatic N) is 2. The first-order chi connectivity index (χ1) is 8.34. The second-order valence-corrected chi connectivity index (χ2v) is 7.22. The van der Waals surface area contributed by atoms with Gasteiger partial charge >= 0.3 is 0 Å². The van der Waals surface area contributed by atoms with Gasteiger partial charge in [-0.2, -0.15) is 4.31 Å². The number of hydrogen-bond donors (Lipinski definition) is 1. The first-order valence-electron chi connectivity index (χ1n) is 6.77. The molecule has 5 nitrogen and oxygen atoms in total. The van der Waals surface area contributed by atoms with Gasteiger partial charge in [-0.15, -0.1) is 0 Å². The van der Waals surface area contributed by atoms with Crippen molar-refractivity contribution >= 4 is 10.0 Å². The number of piperazine rings is 1. The maximum atomic E-state index is 11.4. The molecule has 0 aromatic heterocycles. The van der Waals surface area contributed by atoms with E-state index in [0.29, 0.717) is 25.2 Å². The molecule has 1 aliphatic heterocycles. The van der Waals surface area contributed by atoms with Gasteiger partial charge in [0.1, 0.15) is 0 Å². The smallest absolute Gasteiger partial charge is 0.211 e. The van der Waals surface area contributed by atoms with Crippen LogP contribution in [0.1, 0.15) is 27.2 Å². The van der Waals surface area contributed by atoms with Crippen LogP contribution in [0.5, 0.6) is 0 Å². The number of sulfonamides is 1. The van der Waals surface area contributed by atoms with E-state index in [0.717, 1.165) is 26.1 Å². The minimum atomic E-state index is -3.01. The van der Waals surface area contributed by atoms with Gasteiger partial charge in [0.2, 0.25) is 10.0 Å². The molecule has 1 heterocycles. The Morgan fingerprint density at radius 2 is 1.72 bits per heavy atom. The lowest BCUT2D eigenvalue weighted by Crippen LogP contribution is -2.51. The molecule has 18 heavy (non-hydrogen) atoms. The third kappa shape index (κ3) is 4.84. The van der Waals surface area contributed by atoms with Crippen LogP contribution in [0.25, 0.3) is 0 Å². The monoisotopic (exact) mass is 277 g/mol. The molecule has 0 aromatic rings. The van der Waals surface area contributed by atoms with Crippen LogP contribution < -0.4 is 5.32 Å². The first kappa shape index (κ1) is 15.9. The first-order valence-corrected chi connectivity index (χ1v) is 8.62. The largest absolute Gasteiger partial charge is 0.314 e. The summed E-state index contributed by atoms with van der Waals surface area (Å²) in [6, 6.07) is 1.01. The van der Waals surface area contributed by atoms with Crippen LogP contribution in [0, 0.1) is 0 Å². The topological polar surface area (TPSA) is 52.6 Å². The second-order valence-electron chi connectivity index (χ2n) is 5.24. The van der Waals surface area contributed by atoms with Gasteiger partial charge in [-0.1, -0.05) is 6.92 Å². The Morgan fingerprint density at radius 1 is 1.17 bits per heavy atom. The molecule has 108 valence electrons. The fourth-order valence-electron chi connectivity index (χ4n) is 2.57. The molecule has 1 fully saturated rings. The van der Waals surface area contributed by atoms with Crippen LogP contribution in [0.2, 0.25) is 0 Å². The second kappa shape index (κ2) is 6.84. The Balaban J connectivity index is 2.38. The fourth-order valence-corrected chi connectivity index (χ4v) is 3.40. The van der Waals surface area contributed by atoms with Crippen molar-refractivity contribution in [2.75, 3.05) is 39.0 Å². The highest BCUT2D eigenvalue weighted by Gasteiger charge is 2.26. The molecule has 0 spiro atoms. The van der Waals surface area contributed by atoms with Gasteiger partial charge in [0, 0.05) is 38.3 Å². The molecule has 2 atom stereocenters. The summed E-state index contributed by atoms with van der Waals surface area (Å²) >= 11 is 0. The van der Waals surface area contributed by atoms with Crippen LogP contribution in [-0.2, 0) is 10.0 Å². The van der Waals surface area contributed by atoms with E-state index in [4.69, 9.17) is 0 Å². The normalized spacial score (nSPS) is 22.9. The van der Waals surface area contributed by atoms with Gasteiger partial charge < -0.3 is 5.32 Å². The molecule has 1 N–H and O–H groups in total. The quantitative estimate of drug-likeness (QED) is 0.761. The molecule has 0 bridgehead atoms. The van der Waals surface area contributed by atoms with Crippen molar-refractivity contribution in [1.29, 1.82) is 0 Å². The summed E-state index contributed by atoms with van der Waals surface area (Å²) in [5.41, 5.74) is 0. The van der Waals surface area contributed by atoms with E-state index in [9.17, 15) is 8.42 Å². The third-order valence-corrected chi connectivity index (χ3v) is 4.92. The van der Waals surface area contributed by atoms with Crippen LogP contribution in [0.3, 0.4) is 0 Å². The number of rotatable bonds is 6. The van der Waals surface area contributed by atoms with Gasteiger partial charge in [0.15, 0.2) is 0 Å². The fraction of sp³-hybridized carbons (Fsp3) is 1.00. The lowest BCUT2D eigenvalue weighted by Gasteiger charge is -2.37. The Hall–Kier alpha value is -0.170. The van der Waals surface area contributed by atoms with Crippen molar-refractivity contribution in [3.05, 3.63) is 0 Å². The molecule has 1 aliphatic rings. The molecule has 6 heteroatoms. The molecule has 1 rings (SSSR count). The number of hydrogen-bond acceptors (Lipinski definition) is 4. The summed E-state index contributed by atoms with van der Waals surface area (Å²) in [5.74, 6) is 0. The van der Waals surface area contributed by atoms with E-state index in [1.807, 2.05) is 0 Å². The molecule has 0 radical (unpaired) electrons. The van der Waals surface area contributed by atoms with Gasteiger partial charge in [-0.3, -0.25) is 4.90 Å². The standard InChI is InChI=1S/C12H27N3O2S/c1-5-13-11(2)10-12(3)14-6-8-15(9-7-14)18(4,16)17/h11-13H,5-10H2,1-4H3. The van der Waals surface area contributed by atoms with Gasteiger partial charge in [0.25, 0.3) is 0 Å². The van der Waals surface area contributed by atoms with Gasteiger partial charge in [-0.05, 0) is 26.8 Å². The van der Waals surface area contributed by atoms with Gasteiger partial charge in [-0.25, -0.2) is 8.42 Å². The van der Waals surface area contributed by atoms with Crippen LogP contribution in [-0.4, -0.2) is 68.7 Å². The van der Waals surface area contributed by atoms with Crippen molar-refractivity contribution in [3.8, 4) is 0 Å². The highest BCUT2D eigenvalue weighted by atomic mass is 32.2. The summed E-state index contributed by atoms with van der Waals surface area (Å²) in [4.78, 5) is 2.38. The van der Waals surface area contributed by atoms with Crippen molar-refractivity contribution in [1.82, 2.24) is 14.5 Å². The SMILES string of the molecule is CCNC(C)CC(C)N1CCN(S(C)(=O)=O)CC1. The van der Waals surface area contributed by atoms with Gasteiger partial charge in [0.05, 0.1) is 6.26 Å². The highest BCUT2D eigenvalue weighted by molar-refractivity contribution is 7.88. The summed E-state index contributed by atoms with van der Waals surface area (Å²) in [5, 5.41) is 3.42. The predicted octanol–water partition coefficient (Wildman–Crippen LogP) is 0.340. The Morgan fingerprint density at radius 3 is 2.17 bits per heavy atom. The average molecular weight is 277 g/mol. The Bertz CT molecular complexity index is 337. The molecule has 0 saturated carbocycles. The molecule has 0 aliphatic carbocycles. The lowest BCUT2D eigenvalue weighted by molar-refractivity contribution is 0.134. The Kier molecular flexibility index (Phi) is 6.04. The highest BCUT2D eigenvalue weighted by Crippen LogP contribution is 2.12.